The van der Waals surface area contributed by atoms with Crippen molar-refractivity contribution in [3.05, 3.63) is 65.4 Å². The van der Waals surface area contributed by atoms with Gasteiger partial charge in [0, 0.05) is 36.2 Å². The van der Waals surface area contributed by atoms with Crippen LogP contribution >= 0.6 is 0 Å². The highest BCUT2D eigenvalue weighted by Crippen LogP contribution is 2.36. The van der Waals surface area contributed by atoms with Gasteiger partial charge in [-0.15, -0.1) is 0 Å². The number of amides is 1. The number of nitrogens with one attached hydrogen (secondary N) is 3. The third kappa shape index (κ3) is 5.35. The predicted octanol–water partition coefficient (Wildman–Crippen LogP) is 4.13. The van der Waals surface area contributed by atoms with Crippen molar-refractivity contribution in [3.63, 3.8) is 0 Å². The van der Waals surface area contributed by atoms with E-state index in [2.05, 4.69) is 25.9 Å². The van der Waals surface area contributed by atoms with Crippen molar-refractivity contribution in [1.82, 2.24) is 9.97 Å². The van der Waals surface area contributed by atoms with Crippen molar-refractivity contribution in [2.75, 3.05) is 33.1 Å². The first-order chi connectivity index (χ1) is 17.0. The summed E-state index contributed by atoms with van der Waals surface area (Å²) in [5.74, 6) is -0.763. The van der Waals surface area contributed by atoms with Crippen LogP contribution in [0.25, 0.3) is 0 Å². The monoisotopic (exact) mass is 520 g/mol. The van der Waals surface area contributed by atoms with Crippen LogP contribution < -0.4 is 20.3 Å². The molecular formula is C23H23F3N6O3S. The quantitative estimate of drug-likeness (QED) is 0.409. The second kappa shape index (κ2) is 9.64. The Hall–Kier alpha value is -3.87. The Bertz CT molecular complexity index is 1410. The van der Waals surface area contributed by atoms with E-state index in [0.717, 1.165) is 6.26 Å². The molecule has 0 spiro atoms. The summed E-state index contributed by atoms with van der Waals surface area (Å²) in [4.78, 5) is 19.6. The topological polar surface area (TPSA) is 116 Å². The van der Waals surface area contributed by atoms with Crippen molar-refractivity contribution in [1.29, 1.82) is 0 Å². The SMILES string of the molecule is CCN(c1ccccc1CNc1nc(Nc2cccc3c2CC(=O)N3)ncc1C(F)(F)F)S(C)(=O)=O. The number of benzene rings is 2. The molecule has 4 rings (SSSR count). The number of hydrogen-bond donors (Lipinski definition) is 3. The van der Waals surface area contributed by atoms with Gasteiger partial charge in [0.15, 0.2) is 0 Å². The number of fused-ring (bicyclic) bond motifs is 1. The van der Waals surface area contributed by atoms with E-state index in [4.69, 9.17) is 0 Å². The number of hydrogen-bond acceptors (Lipinski definition) is 7. The molecule has 190 valence electrons. The number of nitrogens with zero attached hydrogens (tertiary/aromatic N) is 3. The molecule has 0 aliphatic carbocycles. The summed E-state index contributed by atoms with van der Waals surface area (Å²) in [6.07, 6.45) is -2.87. The Morgan fingerprint density at radius 1 is 1.14 bits per heavy atom. The molecule has 1 aliphatic heterocycles. The highest BCUT2D eigenvalue weighted by Gasteiger charge is 2.35. The van der Waals surface area contributed by atoms with E-state index in [1.807, 2.05) is 0 Å². The lowest BCUT2D eigenvalue weighted by Crippen LogP contribution is -2.30. The van der Waals surface area contributed by atoms with Gasteiger partial charge in [0.2, 0.25) is 21.9 Å². The first kappa shape index (κ1) is 25.2. The van der Waals surface area contributed by atoms with Crippen LogP contribution in [0.15, 0.2) is 48.7 Å². The summed E-state index contributed by atoms with van der Waals surface area (Å²) in [6.45, 7) is 1.70. The molecular weight excluding hydrogens is 497 g/mol. The van der Waals surface area contributed by atoms with Crippen LogP contribution in [0.2, 0.25) is 0 Å². The molecule has 36 heavy (non-hydrogen) atoms. The molecule has 1 aromatic heterocycles. The Morgan fingerprint density at radius 2 is 1.89 bits per heavy atom. The Labute approximate surface area is 205 Å². The molecule has 9 nitrogen and oxygen atoms in total. The zero-order chi connectivity index (χ0) is 26.1. The van der Waals surface area contributed by atoms with Crippen LogP contribution in [0.1, 0.15) is 23.6 Å². The van der Waals surface area contributed by atoms with Crippen LogP contribution in [0.5, 0.6) is 0 Å². The Balaban J connectivity index is 1.65. The highest BCUT2D eigenvalue weighted by atomic mass is 32.2. The van der Waals surface area contributed by atoms with Gasteiger partial charge < -0.3 is 16.0 Å². The number of alkyl halides is 3. The van der Waals surface area contributed by atoms with Crippen LogP contribution in [0, 0.1) is 0 Å². The van der Waals surface area contributed by atoms with Gasteiger partial charge in [0.25, 0.3) is 0 Å². The third-order valence-corrected chi connectivity index (χ3v) is 6.78. The molecule has 0 fully saturated rings. The average molecular weight is 521 g/mol. The second-order valence-corrected chi connectivity index (χ2v) is 9.95. The predicted molar refractivity (Wildman–Crippen MR) is 131 cm³/mol. The fourth-order valence-electron chi connectivity index (χ4n) is 3.94. The lowest BCUT2D eigenvalue weighted by Gasteiger charge is -2.24. The maximum absolute atomic E-state index is 13.7. The van der Waals surface area contributed by atoms with Crippen molar-refractivity contribution in [3.8, 4) is 0 Å². The summed E-state index contributed by atoms with van der Waals surface area (Å²) in [6, 6.07) is 11.6. The molecule has 0 saturated carbocycles. The molecule has 1 aliphatic rings. The second-order valence-electron chi connectivity index (χ2n) is 8.05. The van der Waals surface area contributed by atoms with E-state index < -0.39 is 27.6 Å². The first-order valence-corrected chi connectivity index (χ1v) is 12.7. The molecule has 13 heteroatoms. The van der Waals surface area contributed by atoms with E-state index in [9.17, 15) is 26.4 Å². The van der Waals surface area contributed by atoms with Gasteiger partial charge in [-0.1, -0.05) is 24.3 Å². The number of rotatable bonds is 8. The molecule has 3 aromatic rings. The van der Waals surface area contributed by atoms with Gasteiger partial charge in [-0.05, 0) is 30.7 Å². The van der Waals surface area contributed by atoms with Crippen molar-refractivity contribution >= 4 is 44.8 Å². The van der Waals surface area contributed by atoms with Gasteiger partial charge in [-0.25, -0.2) is 13.4 Å². The summed E-state index contributed by atoms with van der Waals surface area (Å²) in [5.41, 5.74) is 1.52. The summed E-state index contributed by atoms with van der Waals surface area (Å²) in [7, 11) is -3.59. The van der Waals surface area contributed by atoms with E-state index in [-0.39, 0.29) is 31.4 Å². The first-order valence-electron chi connectivity index (χ1n) is 10.9. The van der Waals surface area contributed by atoms with Crippen LogP contribution in [0.3, 0.4) is 0 Å². The normalized spacial score (nSPS) is 13.2. The highest BCUT2D eigenvalue weighted by molar-refractivity contribution is 7.92. The van der Waals surface area contributed by atoms with Crippen molar-refractivity contribution in [2.45, 2.75) is 26.1 Å². The Kier molecular flexibility index (Phi) is 6.76. The number of aromatic nitrogens is 2. The standard InChI is InChI=1S/C23H23F3N6O3S/c1-3-32(36(2,34)35)19-10-5-4-7-14(19)12-27-21-16(23(24,25)26)13-28-22(31-21)30-18-9-6-8-17-15(18)11-20(33)29-17/h4-10,13H,3,11-12H2,1-2H3,(H,29,33)(H2,27,28,30,31). The molecule has 0 atom stereocenters. The summed E-state index contributed by atoms with van der Waals surface area (Å²) < 4.78 is 66.7. The molecule has 2 heterocycles. The van der Waals surface area contributed by atoms with Crippen LogP contribution in [0.4, 0.5) is 42.0 Å². The smallest absolute Gasteiger partial charge is 0.365 e. The largest absolute Gasteiger partial charge is 0.421 e. The van der Waals surface area contributed by atoms with E-state index in [0.29, 0.717) is 34.4 Å². The van der Waals surface area contributed by atoms with Crippen molar-refractivity contribution < 1.29 is 26.4 Å². The third-order valence-electron chi connectivity index (χ3n) is 5.52. The number of para-hydroxylation sites is 1. The number of carbonyl (C=O) groups is 1. The van der Waals surface area contributed by atoms with Gasteiger partial charge in [0.05, 0.1) is 18.4 Å². The summed E-state index contributed by atoms with van der Waals surface area (Å²) in [5, 5.41) is 8.29. The minimum atomic E-state index is -4.73. The molecule has 0 saturated heterocycles. The zero-order valence-electron chi connectivity index (χ0n) is 19.3. The van der Waals surface area contributed by atoms with Gasteiger partial charge >= 0.3 is 6.18 Å². The zero-order valence-corrected chi connectivity index (χ0v) is 20.2. The minimum absolute atomic E-state index is 0.0992. The molecule has 2 aromatic carbocycles. The fourth-order valence-corrected chi connectivity index (χ4v) is 4.94. The fraction of sp³-hybridized carbons (Fsp3) is 0.261. The minimum Gasteiger partial charge on any atom is -0.365 e. The molecule has 0 radical (unpaired) electrons. The number of sulfonamides is 1. The van der Waals surface area contributed by atoms with Crippen LogP contribution in [-0.4, -0.2) is 37.1 Å². The van der Waals surface area contributed by atoms with Crippen molar-refractivity contribution in [2.24, 2.45) is 0 Å². The lowest BCUT2D eigenvalue weighted by molar-refractivity contribution is -0.137. The van der Waals surface area contributed by atoms with Crippen LogP contribution in [-0.2, 0) is 34.0 Å². The van der Waals surface area contributed by atoms with Gasteiger partial charge in [0.1, 0.15) is 11.4 Å². The molecule has 0 bridgehead atoms. The van der Waals surface area contributed by atoms with Gasteiger partial charge in [-0.3, -0.25) is 9.10 Å². The maximum Gasteiger partial charge on any atom is 0.421 e. The lowest BCUT2D eigenvalue weighted by atomic mass is 10.1. The number of carbonyl (C=O) groups excluding carboxylic acids is 1. The number of halogens is 3. The number of anilines is 5. The summed E-state index contributed by atoms with van der Waals surface area (Å²) >= 11 is 0. The molecule has 3 N–H and O–H groups in total. The van der Waals surface area contributed by atoms with Gasteiger partial charge in [-0.2, -0.15) is 18.2 Å². The van der Waals surface area contributed by atoms with E-state index in [1.54, 1.807) is 49.4 Å². The molecule has 0 unspecified atom stereocenters. The average Bonchev–Trinajstić information content (AvgIpc) is 3.18. The van der Waals surface area contributed by atoms with E-state index >= 15 is 0 Å². The Morgan fingerprint density at radius 3 is 2.58 bits per heavy atom. The maximum atomic E-state index is 13.7. The van der Waals surface area contributed by atoms with E-state index in [1.165, 1.54) is 4.31 Å². The molecule has 1 amide bonds.